The third-order valence-corrected chi connectivity index (χ3v) is 4.33. The second-order valence-corrected chi connectivity index (χ2v) is 5.76. The Kier molecular flexibility index (Phi) is 4.41. The SMILES string of the molecule is O=[N+]([O-])c1ccccc1SNCCc1c[nH]c2ccccc12. The van der Waals surface area contributed by atoms with Crippen molar-refractivity contribution < 1.29 is 4.92 Å². The van der Waals surface area contributed by atoms with Crippen molar-refractivity contribution in [2.75, 3.05) is 6.54 Å². The molecule has 0 aliphatic carbocycles. The summed E-state index contributed by atoms with van der Waals surface area (Å²) in [6, 6.07) is 14.9. The zero-order valence-corrected chi connectivity index (χ0v) is 12.6. The van der Waals surface area contributed by atoms with Gasteiger partial charge in [-0.2, -0.15) is 0 Å². The number of benzene rings is 2. The van der Waals surface area contributed by atoms with Crippen molar-refractivity contribution in [2.45, 2.75) is 11.3 Å². The van der Waals surface area contributed by atoms with Crippen molar-refractivity contribution >= 4 is 28.5 Å². The molecule has 1 heterocycles. The number of rotatable bonds is 6. The molecule has 5 nitrogen and oxygen atoms in total. The van der Waals surface area contributed by atoms with E-state index in [0.29, 0.717) is 4.90 Å². The molecule has 1 aromatic heterocycles. The predicted octanol–water partition coefficient (Wildman–Crippen LogP) is 3.92. The van der Waals surface area contributed by atoms with Crippen LogP contribution in [0.15, 0.2) is 59.6 Å². The van der Waals surface area contributed by atoms with Crippen molar-refractivity contribution in [2.24, 2.45) is 0 Å². The number of nitro benzene ring substituents is 1. The molecule has 0 amide bonds. The minimum atomic E-state index is -0.357. The Bertz CT molecular complexity index is 801. The maximum absolute atomic E-state index is 10.9. The van der Waals surface area contributed by atoms with Crippen molar-refractivity contribution in [3.05, 3.63) is 70.4 Å². The fourth-order valence-electron chi connectivity index (χ4n) is 2.35. The highest BCUT2D eigenvalue weighted by atomic mass is 32.2. The van der Waals surface area contributed by atoms with Gasteiger partial charge in [-0.1, -0.05) is 30.3 Å². The largest absolute Gasteiger partial charge is 0.361 e. The molecule has 22 heavy (non-hydrogen) atoms. The van der Waals surface area contributed by atoms with Crippen LogP contribution >= 0.6 is 11.9 Å². The zero-order valence-electron chi connectivity index (χ0n) is 11.8. The van der Waals surface area contributed by atoms with Crippen molar-refractivity contribution in [3.8, 4) is 0 Å². The van der Waals surface area contributed by atoms with E-state index >= 15 is 0 Å². The maximum Gasteiger partial charge on any atom is 0.284 e. The Morgan fingerprint density at radius 3 is 2.77 bits per heavy atom. The molecule has 112 valence electrons. The van der Waals surface area contributed by atoms with Crippen LogP contribution in [0, 0.1) is 10.1 Å². The van der Waals surface area contributed by atoms with Gasteiger partial charge in [-0.25, -0.2) is 0 Å². The summed E-state index contributed by atoms with van der Waals surface area (Å²) in [4.78, 5) is 14.5. The second kappa shape index (κ2) is 6.64. The highest BCUT2D eigenvalue weighted by Gasteiger charge is 2.12. The summed E-state index contributed by atoms with van der Waals surface area (Å²) in [6.45, 7) is 0.735. The standard InChI is InChI=1S/C16H15N3O2S/c20-19(21)15-7-3-4-8-16(15)22-18-10-9-12-11-17-14-6-2-1-5-13(12)14/h1-8,11,17-18H,9-10H2. The number of para-hydroxylation sites is 2. The first kappa shape index (κ1) is 14.6. The van der Waals surface area contributed by atoms with Crippen molar-refractivity contribution in [3.63, 3.8) is 0 Å². The van der Waals surface area contributed by atoms with Gasteiger partial charge in [-0.3, -0.25) is 14.8 Å². The van der Waals surface area contributed by atoms with E-state index in [2.05, 4.69) is 15.8 Å². The Hall–Kier alpha value is -2.31. The highest BCUT2D eigenvalue weighted by molar-refractivity contribution is 7.97. The maximum atomic E-state index is 10.9. The Morgan fingerprint density at radius 2 is 1.91 bits per heavy atom. The zero-order chi connectivity index (χ0) is 15.4. The van der Waals surface area contributed by atoms with E-state index in [9.17, 15) is 10.1 Å². The summed E-state index contributed by atoms with van der Waals surface area (Å²) in [7, 11) is 0. The van der Waals surface area contributed by atoms with Gasteiger partial charge < -0.3 is 4.98 Å². The van der Waals surface area contributed by atoms with Gasteiger partial charge in [0.25, 0.3) is 5.69 Å². The summed E-state index contributed by atoms with van der Waals surface area (Å²) in [5.74, 6) is 0. The number of aromatic nitrogens is 1. The molecule has 2 aromatic carbocycles. The molecule has 0 saturated carbocycles. The minimum absolute atomic E-state index is 0.132. The quantitative estimate of drug-likeness (QED) is 0.313. The predicted molar refractivity (Wildman–Crippen MR) is 89.0 cm³/mol. The van der Waals surface area contributed by atoms with Crippen LogP contribution in [0.2, 0.25) is 0 Å². The fourth-order valence-corrected chi connectivity index (χ4v) is 3.10. The lowest BCUT2D eigenvalue weighted by atomic mass is 10.1. The number of nitrogens with one attached hydrogen (secondary N) is 2. The number of hydrogen-bond acceptors (Lipinski definition) is 4. The van der Waals surface area contributed by atoms with Gasteiger partial charge in [0.05, 0.1) is 4.92 Å². The summed E-state index contributed by atoms with van der Waals surface area (Å²) in [5.41, 5.74) is 2.50. The molecular weight excluding hydrogens is 298 g/mol. The molecule has 0 fully saturated rings. The first-order valence-corrected chi connectivity index (χ1v) is 7.75. The third kappa shape index (κ3) is 3.13. The van der Waals surface area contributed by atoms with Gasteiger partial charge >= 0.3 is 0 Å². The number of hydrogen-bond donors (Lipinski definition) is 2. The van der Waals surface area contributed by atoms with Crippen LogP contribution in [0.5, 0.6) is 0 Å². The van der Waals surface area contributed by atoms with Crippen LogP contribution in [0.3, 0.4) is 0 Å². The van der Waals surface area contributed by atoms with Crippen LogP contribution in [0.1, 0.15) is 5.56 Å². The van der Waals surface area contributed by atoms with Crippen LogP contribution in [-0.4, -0.2) is 16.5 Å². The molecule has 0 unspecified atom stereocenters. The molecule has 0 radical (unpaired) electrons. The molecule has 0 aliphatic heterocycles. The summed E-state index contributed by atoms with van der Waals surface area (Å²) in [6.07, 6.45) is 2.87. The first-order chi connectivity index (χ1) is 10.8. The number of nitrogens with zero attached hydrogens (tertiary/aromatic N) is 1. The summed E-state index contributed by atoms with van der Waals surface area (Å²) in [5, 5.41) is 12.2. The topological polar surface area (TPSA) is 71.0 Å². The van der Waals surface area contributed by atoms with E-state index in [1.165, 1.54) is 29.0 Å². The lowest BCUT2D eigenvalue weighted by molar-refractivity contribution is -0.387. The lowest BCUT2D eigenvalue weighted by Gasteiger charge is -2.04. The highest BCUT2D eigenvalue weighted by Crippen LogP contribution is 2.26. The number of fused-ring (bicyclic) bond motifs is 1. The fraction of sp³-hybridized carbons (Fsp3) is 0.125. The normalized spacial score (nSPS) is 10.9. The van der Waals surface area contributed by atoms with Gasteiger partial charge in [0.15, 0.2) is 0 Å². The molecular formula is C16H15N3O2S. The number of aromatic amines is 1. The molecule has 3 rings (SSSR count). The molecule has 0 spiro atoms. The van der Waals surface area contributed by atoms with Gasteiger partial charge in [0.2, 0.25) is 0 Å². The molecule has 0 atom stereocenters. The smallest absolute Gasteiger partial charge is 0.284 e. The molecule has 0 saturated heterocycles. The Labute approximate surface area is 132 Å². The summed E-state index contributed by atoms with van der Waals surface area (Å²) >= 11 is 1.30. The van der Waals surface area contributed by atoms with E-state index in [4.69, 9.17) is 0 Å². The van der Waals surface area contributed by atoms with Gasteiger partial charge in [0, 0.05) is 29.7 Å². The van der Waals surface area contributed by atoms with Gasteiger partial charge in [-0.15, -0.1) is 0 Å². The lowest BCUT2D eigenvalue weighted by Crippen LogP contribution is -2.08. The van der Waals surface area contributed by atoms with E-state index in [-0.39, 0.29) is 10.6 Å². The van der Waals surface area contributed by atoms with Crippen LogP contribution in [0.25, 0.3) is 10.9 Å². The minimum Gasteiger partial charge on any atom is -0.361 e. The van der Waals surface area contributed by atoms with Gasteiger partial charge in [-0.05, 0) is 36.1 Å². The molecule has 3 aromatic rings. The Balaban J connectivity index is 1.59. The molecule has 0 aliphatic rings. The second-order valence-electron chi connectivity index (χ2n) is 4.83. The van der Waals surface area contributed by atoms with Crippen LogP contribution in [-0.2, 0) is 6.42 Å². The monoisotopic (exact) mass is 313 g/mol. The number of H-pyrrole nitrogens is 1. The Morgan fingerprint density at radius 1 is 1.14 bits per heavy atom. The molecule has 6 heteroatoms. The first-order valence-electron chi connectivity index (χ1n) is 6.94. The van der Waals surface area contributed by atoms with E-state index in [1.54, 1.807) is 18.2 Å². The van der Waals surface area contributed by atoms with E-state index in [1.807, 2.05) is 24.4 Å². The third-order valence-electron chi connectivity index (χ3n) is 3.42. The van der Waals surface area contributed by atoms with E-state index in [0.717, 1.165) is 18.5 Å². The van der Waals surface area contributed by atoms with Crippen molar-refractivity contribution in [1.29, 1.82) is 0 Å². The average Bonchev–Trinajstić information content (AvgIpc) is 2.95. The number of nitro groups is 1. The van der Waals surface area contributed by atoms with Gasteiger partial charge in [0.1, 0.15) is 4.90 Å². The van der Waals surface area contributed by atoms with E-state index < -0.39 is 0 Å². The van der Waals surface area contributed by atoms with Crippen LogP contribution < -0.4 is 4.72 Å². The molecule has 2 N–H and O–H groups in total. The van der Waals surface area contributed by atoms with Crippen molar-refractivity contribution in [1.82, 2.24) is 9.71 Å². The van der Waals surface area contributed by atoms with Crippen LogP contribution in [0.4, 0.5) is 5.69 Å². The molecule has 0 bridgehead atoms. The summed E-state index contributed by atoms with van der Waals surface area (Å²) < 4.78 is 3.20. The average molecular weight is 313 g/mol.